The number of carbonyl (C=O) groups excluding carboxylic acids is 2. The molecular weight excluding hydrogens is 486 g/mol. The van der Waals surface area contributed by atoms with Crippen molar-refractivity contribution < 1.29 is 14.3 Å². The molecule has 4 rings (SSSR count). The topological polar surface area (TPSA) is 87.7 Å². The van der Waals surface area contributed by atoms with Crippen molar-refractivity contribution in [2.75, 3.05) is 39.8 Å². The Morgan fingerprint density at radius 1 is 1.11 bits per heavy atom. The van der Waals surface area contributed by atoms with Crippen LogP contribution in [0.4, 0.5) is 22.0 Å². The molecule has 9 heteroatoms. The molecule has 1 aliphatic heterocycles. The van der Waals surface area contributed by atoms with Crippen molar-refractivity contribution in [1.82, 2.24) is 9.97 Å². The van der Waals surface area contributed by atoms with E-state index in [1.54, 1.807) is 23.2 Å². The predicted octanol–water partition coefficient (Wildman–Crippen LogP) is 5.53. The molecule has 3 aromatic rings. The van der Waals surface area contributed by atoms with Crippen molar-refractivity contribution in [2.24, 2.45) is 0 Å². The van der Waals surface area contributed by atoms with E-state index in [-0.39, 0.29) is 5.91 Å². The summed E-state index contributed by atoms with van der Waals surface area (Å²) in [6.07, 6.45) is 1.89. The molecule has 0 aliphatic carbocycles. The molecule has 1 fully saturated rings. The average Bonchev–Trinajstić information content (AvgIpc) is 3.39. The van der Waals surface area contributed by atoms with Gasteiger partial charge in [-0.3, -0.25) is 14.7 Å². The first-order valence-electron chi connectivity index (χ1n) is 12.3. The zero-order valence-electron chi connectivity index (χ0n) is 21.7. The third-order valence-electron chi connectivity index (χ3n) is 5.68. The zero-order chi connectivity index (χ0) is 26.4. The van der Waals surface area contributed by atoms with Crippen molar-refractivity contribution in [2.45, 2.75) is 39.7 Å². The van der Waals surface area contributed by atoms with Gasteiger partial charge < -0.3 is 15.0 Å². The van der Waals surface area contributed by atoms with Crippen LogP contribution in [0.5, 0.6) is 0 Å². The lowest BCUT2D eigenvalue weighted by Gasteiger charge is -2.27. The number of nitrogens with zero attached hydrogens (tertiary/aromatic N) is 4. The number of hydrogen-bond acceptors (Lipinski definition) is 7. The second-order valence-corrected chi connectivity index (χ2v) is 10.9. The van der Waals surface area contributed by atoms with E-state index in [1.807, 2.05) is 81.9 Å². The minimum atomic E-state index is -0.623. The van der Waals surface area contributed by atoms with Gasteiger partial charge in [-0.25, -0.2) is 9.78 Å². The van der Waals surface area contributed by atoms with Crippen LogP contribution >= 0.6 is 11.8 Å². The molecule has 1 N–H and O–H groups in total. The average molecular weight is 520 g/mol. The van der Waals surface area contributed by atoms with Gasteiger partial charge in [-0.15, -0.1) is 11.8 Å². The number of benzene rings is 1. The first kappa shape index (κ1) is 26.5. The van der Waals surface area contributed by atoms with Gasteiger partial charge in [-0.2, -0.15) is 0 Å². The fraction of sp³-hybridized carbons (Fsp3) is 0.357. The molecule has 0 bridgehead atoms. The van der Waals surface area contributed by atoms with Crippen molar-refractivity contribution in [3.63, 3.8) is 0 Å². The highest BCUT2D eigenvalue weighted by atomic mass is 32.2. The van der Waals surface area contributed by atoms with Crippen LogP contribution in [0.2, 0.25) is 0 Å². The maximum atomic E-state index is 13.2. The lowest BCUT2D eigenvalue weighted by Crippen LogP contribution is -2.38. The van der Waals surface area contributed by atoms with E-state index in [4.69, 9.17) is 4.74 Å². The predicted molar refractivity (Wildman–Crippen MR) is 150 cm³/mol. The van der Waals surface area contributed by atoms with E-state index < -0.39 is 11.7 Å². The Labute approximate surface area is 222 Å². The highest BCUT2D eigenvalue weighted by Gasteiger charge is 2.24. The Hall–Kier alpha value is -3.59. The van der Waals surface area contributed by atoms with Crippen LogP contribution in [0.25, 0.3) is 0 Å². The van der Waals surface area contributed by atoms with Gasteiger partial charge in [0.15, 0.2) is 0 Å². The second kappa shape index (κ2) is 11.6. The highest BCUT2D eigenvalue weighted by molar-refractivity contribution is 7.99. The zero-order valence-corrected chi connectivity index (χ0v) is 22.5. The molecule has 0 saturated carbocycles. The number of aryl methyl sites for hydroxylation is 1. The van der Waals surface area contributed by atoms with Gasteiger partial charge in [0.05, 0.1) is 11.4 Å². The van der Waals surface area contributed by atoms with Crippen LogP contribution in [0.15, 0.2) is 60.8 Å². The first-order chi connectivity index (χ1) is 17.7. The number of rotatable bonds is 7. The summed E-state index contributed by atoms with van der Waals surface area (Å²) in [7, 11) is 0. The van der Waals surface area contributed by atoms with E-state index in [0.717, 1.165) is 29.6 Å². The van der Waals surface area contributed by atoms with Crippen LogP contribution in [-0.2, 0) is 11.2 Å². The van der Waals surface area contributed by atoms with Crippen molar-refractivity contribution in [1.29, 1.82) is 0 Å². The number of hydrogen-bond donors (Lipinski definition) is 1. The molecule has 3 heterocycles. The molecule has 0 atom stereocenters. The summed E-state index contributed by atoms with van der Waals surface area (Å²) in [4.78, 5) is 38.9. The van der Waals surface area contributed by atoms with E-state index in [9.17, 15) is 9.59 Å². The van der Waals surface area contributed by atoms with Gasteiger partial charge in [0.2, 0.25) is 0 Å². The molecule has 37 heavy (non-hydrogen) atoms. The van der Waals surface area contributed by atoms with Gasteiger partial charge in [-0.1, -0.05) is 6.07 Å². The lowest BCUT2D eigenvalue weighted by atomic mass is 10.2. The molecule has 1 aromatic carbocycles. The van der Waals surface area contributed by atoms with Crippen LogP contribution in [-0.4, -0.2) is 52.3 Å². The number of aromatic nitrogens is 2. The number of anilines is 3. The minimum absolute atomic E-state index is 0.216. The van der Waals surface area contributed by atoms with Gasteiger partial charge in [0.25, 0.3) is 5.91 Å². The largest absolute Gasteiger partial charge is 0.443 e. The lowest BCUT2D eigenvalue weighted by molar-refractivity contribution is 0.0580. The van der Waals surface area contributed by atoms with Gasteiger partial charge in [-0.05, 0) is 76.2 Å². The van der Waals surface area contributed by atoms with Gasteiger partial charge >= 0.3 is 6.09 Å². The number of nitrogens with one attached hydrogen (secondary N) is 1. The minimum Gasteiger partial charge on any atom is -0.443 e. The Morgan fingerprint density at radius 3 is 2.54 bits per heavy atom. The fourth-order valence-corrected chi connectivity index (χ4v) is 4.83. The number of ether oxygens (including phenoxy) is 1. The SMILES string of the molecule is Cc1ccc(C(=O)Nc2ccc(N(CCc3ccccn3)C(=O)OC(C)(C)C)cc2)c(N2CCSC2)n1. The molecule has 1 aliphatic rings. The highest BCUT2D eigenvalue weighted by Crippen LogP contribution is 2.27. The molecular formula is C28H33N5O3S. The maximum Gasteiger partial charge on any atom is 0.414 e. The Morgan fingerprint density at radius 2 is 1.89 bits per heavy atom. The molecule has 8 nitrogen and oxygen atoms in total. The summed E-state index contributed by atoms with van der Waals surface area (Å²) >= 11 is 1.83. The Kier molecular flexibility index (Phi) is 8.33. The summed E-state index contributed by atoms with van der Waals surface area (Å²) in [5.41, 5.74) is 2.99. The maximum absolute atomic E-state index is 13.2. The van der Waals surface area contributed by atoms with Crippen LogP contribution in [0.1, 0.15) is 42.5 Å². The summed E-state index contributed by atoms with van der Waals surface area (Å²) < 4.78 is 5.65. The second-order valence-electron chi connectivity index (χ2n) is 9.83. The van der Waals surface area contributed by atoms with E-state index in [1.165, 1.54) is 0 Å². The van der Waals surface area contributed by atoms with Crippen molar-refractivity contribution in [3.05, 3.63) is 77.7 Å². The molecule has 194 valence electrons. The quantitative estimate of drug-likeness (QED) is 0.439. The van der Waals surface area contributed by atoms with Crippen LogP contribution in [0.3, 0.4) is 0 Å². The number of thioether (sulfide) groups is 1. The summed E-state index contributed by atoms with van der Waals surface area (Å²) in [6, 6.07) is 16.6. The van der Waals surface area contributed by atoms with Gasteiger partial charge in [0, 0.05) is 54.2 Å². The van der Waals surface area contributed by atoms with E-state index >= 15 is 0 Å². The molecule has 0 radical (unpaired) electrons. The Bertz CT molecular complexity index is 1220. The van der Waals surface area contributed by atoms with Crippen LogP contribution in [0, 0.1) is 6.92 Å². The number of pyridine rings is 2. The van der Waals surface area contributed by atoms with E-state index in [2.05, 4.69) is 20.2 Å². The molecule has 2 amide bonds. The molecule has 1 saturated heterocycles. The fourth-order valence-electron chi connectivity index (χ4n) is 3.88. The standard InChI is InChI=1S/C28H33N5O3S/c1-20-8-13-24(25(30-20)32-17-18-37-19-32)26(34)31-22-9-11-23(12-10-22)33(27(35)36-28(2,3)4)16-14-21-7-5-6-15-29-21/h5-13,15H,14,16-19H2,1-4H3,(H,31,34). The van der Waals surface area contributed by atoms with Gasteiger partial charge in [0.1, 0.15) is 11.4 Å². The summed E-state index contributed by atoms with van der Waals surface area (Å²) in [5, 5.41) is 2.98. The molecule has 2 aromatic heterocycles. The summed E-state index contributed by atoms with van der Waals surface area (Å²) in [6.45, 7) is 8.73. The number of carbonyl (C=O) groups is 2. The first-order valence-corrected chi connectivity index (χ1v) is 13.5. The van der Waals surface area contributed by atoms with Crippen molar-refractivity contribution >= 4 is 41.0 Å². The summed E-state index contributed by atoms with van der Waals surface area (Å²) in [5.74, 6) is 2.34. The molecule has 0 spiro atoms. The van der Waals surface area contributed by atoms with E-state index in [0.29, 0.717) is 35.7 Å². The smallest absolute Gasteiger partial charge is 0.414 e. The van der Waals surface area contributed by atoms with Crippen molar-refractivity contribution in [3.8, 4) is 0 Å². The normalized spacial score (nSPS) is 13.4. The third-order valence-corrected chi connectivity index (χ3v) is 6.65. The number of amides is 2. The van der Waals surface area contributed by atoms with Crippen LogP contribution < -0.4 is 15.1 Å². The Balaban J connectivity index is 1.50. The monoisotopic (exact) mass is 519 g/mol. The third kappa shape index (κ3) is 7.22. The molecule has 0 unspecified atom stereocenters.